The fourth-order valence-corrected chi connectivity index (χ4v) is 3.07. The summed E-state index contributed by atoms with van der Waals surface area (Å²) in [6.07, 6.45) is 5.30. The number of hydrogen-bond acceptors (Lipinski definition) is 4. The predicted molar refractivity (Wildman–Crippen MR) is 109 cm³/mol. The quantitative estimate of drug-likeness (QED) is 0.463. The van der Waals surface area contributed by atoms with Crippen molar-refractivity contribution in [2.45, 2.75) is 45.1 Å². The zero-order chi connectivity index (χ0) is 20.5. The predicted octanol–water partition coefficient (Wildman–Crippen LogP) is 5.54. The summed E-state index contributed by atoms with van der Waals surface area (Å²) in [7, 11) is 0. The average molecular weight is 403 g/mol. The summed E-state index contributed by atoms with van der Waals surface area (Å²) < 4.78 is 44.5. The number of nitrogens with zero attached hydrogens (tertiary/aromatic N) is 1. The molecule has 1 atom stereocenters. The van der Waals surface area contributed by atoms with Gasteiger partial charge in [-0.25, -0.2) is 13.8 Å². The molecule has 6 heteroatoms. The van der Waals surface area contributed by atoms with Crippen molar-refractivity contribution < 1.29 is 23.0 Å². The molecule has 0 saturated heterocycles. The molecule has 0 aromatic heterocycles. The van der Waals surface area contributed by atoms with E-state index in [-0.39, 0.29) is 24.1 Å². The van der Waals surface area contributed by atoms with E-state index in [1.807, 2.05) is 24.3 Å². The monoisotopic (exact) mass is 403 g/mol. The van der Waals surface area contributed by atoms with Crippen LogP contribution in [0.2, 0.25) is 0 Å². The highest BCUT2D eigenvalue weighted by Gasteiger charge is 2.24. The van der Waals surface area contributed by atoms with Gasteiger partial charge in [0.2, 0.25) is 5.90 Å². The lowest BCUT2D eigenvalue weighted by molar-refractivity contribution is 0.264. The number of ether oxygens (including phenoxy) is 3. The summed E-state index contributed by atoms with van der Waals surface area (Å²) in [6.45, 7) is 3.64. The van der Waals surface area contributed by atoms with Crippen LogP contribution >= 0.6 is 0 Å². The average Bonchev–Trinajstić information content (AvgIpc) is 3.17. The molecule has 2 aromatic carbocycles. The van der Waals surface area contributed by atoms with Crippen LogP contribution in [0.3, 0.4) is 0 Å². The maximum atomic E-state index is 13.8. The molecule has 0 spiro atoms. The van der Waals surface area contributed by atoms with Gasteiger partial charge in [-0.15, -0.1) is 0 Å². The summed E-state index contributed by atoms with van der Waals surface area (Å²) in [5, 5.41) is 0. The zero-order valence-corrected chi connectivity index (χ0v) is 16.7. The smallest absolute Gasteiger partial charge is 0.222 e. The van der Waals surface area contributed by atoms with Crippen molar-refractivity contribution in [2.75, 3.05) is 19.8 Å². The zero-order valence-electron chi connectivity index (χ0n) is 16.7. The van der Waals surface area contributed by atoms with Crippen LogP contribution in [-0.4, -0.2) is 31.8 Å². The minimum Gasteiger partial charge on any atom is -0.494 e. The summed E-state index contributed by atoms with van der Waals surface area (Å²) in [5.74, 6) is 0.249. The Morgan fingerprint density at radius 1 is 0.931 bits per heavy atom. The second-order valence-electron chi connectivity index (χ2n) is 7.01. The van der Waals surface area contributed by atoms with Crippen LogP contribution in [0.25, 0.3) is 0 Å². The molecule has 1 aliphatic heterocycles. The Balaban J connectivity index is 1.42. The van der Waals surface area contributed by atoms with E-state index in [1.165, 1.54) is 37.5 Å². The third-order valence-corrected chi connectivity index (χ3v) is 4.70. The van der Waals surface area contributed by atoms with Gasteiger partial charge < -0.3 is 14.2 Å². The van der Waals surface area contributed by atoms with E-state index >= 15 is 0 Å². The first-order valence-corrected chi connectivity index (χ1v) is 10.2. The van der Waals surface area contributed by atoms with Gasteiger partial charge in [0.1, 0.15) is 35.3 Å². The summed E-state index contributed by atoms with van der Waals surface area (Å²) in [5.41, 5.74) is -0.207. The van der Waals surface area contributed by atoms with Crippen LogP contribution in [0, 0.1) is 11.6 Å². The molecule has 2 aromatic rings. The summed E-state index contributed by atoms with van der Waals surface area (Å²) in [6, 6.07) is 11.0. The molecule has 4 nitrogen and oxygen atoms in total. The lowest BCUT2D eigenvalue weighted by atomic mass is 10.2. The minimum absolute atomic E-state index is 0.0195. The molecule has 0 aliphatic carbocycles. The van der Waals surface area contributed by atoms with E-state index in [2.05, 4.69) is 11.9 Å². The van der Waals surface area contributed by atoms with Gasteiger partial charge in [0.15, 0.2) is 0 Å². The van der Waals surface area contributed by atoms with E-state index in [0.29, 0.717) is 13.0 Å². The van der Waals surface area contributed by atoms with Crippen molar-refractivity contribution in [3.05, 3.63) is 59.7 Å². The molecule has 0 N–H and O–H groups in total. The Morgan fingerprint density at radius 2 is 1.59 bits per heavy atom. The van der Waals surface area contributed by atoms with E-state index in [0.717, 1.165) is 24.5 Å². The van der Waals surface area contributed by atoms with E-state index in [1.54, 1.807) is 0 Å². The Kier molecular flexibility index (Phi) is 7.85. The molecule has 0 radical (unpaired) electrons. The van der Waals surface area contributed by atoms with Crippen LogP contribution in [-0.2, 0) is 4.74 Å². The first-order chi connectivity index (χ1) is 14.2. The summed E-state index contributed by atoms with van der Waals surface area (Å²) in [4.78, 5) is 4.29. The SMILES string of the molecule is CCCCCCOc1ccc(OCCC2COC(c3c(F)cccc3F)=N2)cc1. The molecule has 0 bridgehead atoms. The van der Waals surface area contributed by atoms with Crippen LogP contribution in [0.1, 0.15) is 44.6 Å². The molecule has 1 aliphatic rings. The standard InChI is InChI=1S/C23H27F2NO3/c1-2-3-4-5-14-27-18-9-11-19(12-10-18)28-15-13-17-16-29-23(26-17)22-20(24)7-6-8-21(22)25/h6-12,17H,2-5,13-16H2,1H3. The first kappa shape index (κ1) is 21.1. The molecule has 156 valence electrons. The van der Waals surface area contributed by atoms with Crippen molar-refractivity contribution in [2.24, 2.45) is 4.99 Å². The van der Waals surface area contributed by atoms with E-state index in [4.69, 9.17) is 14.2 Å². The van der Waals surface area contributed by atoms with Crippen molar-refractivity contribution in [1.82, 2.24) is 0 Å². The number of benzene rings is 2. The first-order valence-electron chi connectivity index (χ1n) is 10.2. The Morgan fingerprint density at radius 3 is 2.24 bits per heavy atom. The lowest BCUT2D eigenvalue weighted by Crippen LogP contribution is -2.11. The number of aliphatic imine (C=N–C) groups is 1. The fourth-order valence-electron chi connectivity index (χ4n) is 3.07. The minimum atomic E-state index is -0.673. The van der Waals surface area contributed by atoms with Gasteiger partial charge in [-0.1, -0.05) is 32.3 Å². The Bertz CT molecular complexity index is 788. The normalized spacial score (nSPS) is 15.7. The molecule has 3 rings (SSSR count). The van der Waals surface area contributed by atoms with Gasteiger partial charge in [0, 0.05) is 6.42 Å². The van der Waals surface area contributed by atoms with Crippen LogP contribution in [0.15, 0.2) is 47.5 Å². The number of hydrogen-bond donors (Lipinski definition) is 0. The van der Waals surface area contributed by atoms with Gasteiger partial charge >= 0.3 is 0 Å². The van der Waals surface area contributed by atoms with Gasteiger partial charge in [0.25, 0.3) is 0 Å². The van der Waals surface area contributed by atoms with Gasteiger partial charge in [-0.2, -0.15) is 0 Å². The van der Waals surface area contributed by atoms with E-state index in [9.17, 15) is 8.78 Å². The number of rotatable bonds is 11. The van der Waals surface area contributed by atoms with Gasteiger partial charge in [-0.3, -0.25) is 0 Å². The maximum absolute atomic E-state index is 13.8. The molecule has 1 unspecified atom stereocenters. The highest BCUT2D eigenvalue weighted by molar-refractivity contribution is 5.95. The Labute approximate surface area is 170 Å². The van der Waals surface area contributed by atoms with Gasteiger partial charge in [-0.05, 0) is 42.8 Å². The molecule has 29 heavy (non-hydrogen) atoms. The second-order valence-corrected chi connectivity index (χ2v) is 7.01. The van der Waals surface area contributed by atoms with Crippen molar-refractivity contribution in [1.29, 1.82) is 0 Å². The largest absolute Gasteiger partial charge is 0.494 e. The second kappa shape index (κ2) is 10.8. The molecule has 0 amide bonds. The number of unbranched alkanes of at least 4 members (excludes halogenated alkanes) is 3. The van der Waals surface area contributed by atoms with Crippen LogP contribution in [0.4, 0.5) is 8.78 Å². The molecule has 0 fully saturated rings. The molecular weight excluding hydrogens is 376 g/mol. The van der Waals surface area contributed by atoms with E-state index < -0.39 is 11.6 Å². The Hall–Kier alpha value is -2.63. The van der Waals surface area contributed by atoms with Gasteiger partial charge in [0.05, 0.1) is 19.3 Å². The third-order valence-electron chi connectivity index (χ3n) is 4.70. The van der Waals surface area contributed by atoms with Crippen molar-refractivity contribution in [3.8, 4) is 11.5 Å². The number of halogens is 2. The maximum Gasteiger partial charge on any atom is 0.222 e. The lowest BCUT2D eigenvalue weighted by Gasteiger charge is -2.09. The van der Waals surface area contributed by atoms with Crippen LogP contribution in [0.5, 0.6) is 11.5 Å². The molecule has 1 heterocycles. The highest BCUT2D eigenvalue weighted by atomic mass is 19.1. The van der Waals surface area contributed by atoms with Crippen LogP contribution < -0.4 is 9.47 Å². The molecular formula is C23H27F2NO3. The topological polar surface area (TPSA) is 40.0 Å². The van der Waals surface area contributed by atoms with Crippen molar-refractivity contribution in [3.63, 3.8) is 0 Å². The van der Waals surface area contributed by atoms with Crippen molar-refractivity contribution >= 4 is 5.90 Å². The third kappa shape index (κ3) is 6.17. The fraction of sp³-hybridized carbons (Fsp3) is 0.435. The summed E-state index contributed by atoms with van der Waals surface area (Å²) >= 11 is 0. The highest BCUT2D eigenvalue weighted by Crippen LogP contribution is 2.21. The molecule has 0 saturated carbocycles.